The third-order valence-electron chi connectivity index (χ3n) is 5.26. The van der Waals surface area contributed by atoms with Gasteiger partial charge in [-0.05, 0) is 54.2 Å². The lowest BCUT2D eigenvalue weighted by atomic mass is 9.81. The molecule has 3 nitrogen and oxygen atoms in total. The summed E-state index contributed by atoms with van der Waals surface area (Å²) in [5.74, 6) is 0.825. The zero-order chi connectivity index (χ0) is 15.3. The maximum atomic E-state index is 10.2. The summed E-state index contributed by atoms with van der Waals surface area (Å²) >= 11 is 0. The molecule has 2 aromatic rings. The van der Waals surface area contributed by atoms with Gasteiger partial charge >= 0.3 is 0 Å². The molecule has 0 fully saturated rings. The topological polar surface area (TPSA) is 32.7 Å². The average Bonchev–Trinajstić information content (AvgIpc) is 2.54. The third-order valence-corrected chi connectivity index (χ3v) is 5.26. The Hall–Kier alpha value is -2.00. The molecule has 22 heavy (non-hydrogen) atoms. The van der Waals surface area contributed by atoms with E-state index in [2.05, 4.69) is 36.1 Å². The van der Waals surface area contributed by atoms with Crippen molar-refractivity contribution in [2.24, 2.45) is 0 Å². The molecule has 0 aliphatic carbocycles. The molecule has 0 spiro atoms. The Morgan fingerprint density at radius 3 is 2.77 bits per heavy atom. The van der Waals surface area contributed by atoms with Gasteiger partial charge in [-0.1, -0.05) is 24.3 Å². The molecule has 2 heterocycles. The van der Waals surface area contributed by atoms with E-state index in [9.17, 15) is 5.11 Å². The van der Waals surface area contributed by atoms with Crippen molar-refractivity contribution in [1.82, 2.24) is 4.90 Å². The van der Waals surface area contributed by atoms with Gasteiger partial charge in [0.15, 0.2) is 11.5 Å². The number of benzene rings is 2. The second kappa shape index (κ2) is 5.03. The Morgan fingerprint density at radius 1 is 1.14 bits per heavy atom. The highest BCUT2D eigenvalue weighted by atomic mass is 16.5. The van der Waals surface area contributed by atoms with Crippen molar-refractivity contribution in [2.75, 3.05) is 13.7 Å². The first-order chi connectivity index (χ1) is 10.7. The summed E-state index contributed by atoms with van der Waals surface area (Å²) in [6.07, 6.45) is 2.02. The van der Waals surface area contributed by atoms with Gasteiger partial charge in [0.05, 0.1) is 7.11 Å². The van der Waals surface area contributed by atoms with Gasteiger partial charge in [0.1, 0.15) is 0 Å². The lowest BCUT2D eigenvalue weighted by Gasteiger charge is -2.45. The molecular weight excluding hydrogens is 274 g/mol. The largest absolute Gasteiger partial charge is 0.504 e. The number of phenols is 1. The molecule has 0 bridgehead atoms. The van der Waals surface area contributed by atoms with E-state index < -0.39 is 0 Å². The first-order valence-electron chi connectivity index (χ1n) is 7.92. The van der Waals surface area contributed by atoms with Crippen LogP contribution in [0.15, 0.2) is 36.4 Å². The predicted octanol–water partition coefficient (Wildman–Crippen LogP) is 3.62. The van der Waals surface area contributed by atoms with E-state index in [1.54, 1.807) is 7.11 Å². The lowest BCUT2D eigenvalue weighted by Crippen LogP contribution is -2.41. The number of aromatic hydroxyl groups is 1. The minimum Gasteiger partial charge on any atom is -0.504 e. The van der Waals surface area contributed by atoms with E-state index >= 15 is 0 Å². The Labute approximate surface area is 131 Å². The number of rotatable bonds is 1. The summed E-state index contributed by atoms with van der Waals surface area (Å²) in [5.41, 5.74) is 5.44. The predicted molar refractivity (Wildman–Crippen MR) is 86.4 cm³/mol. The van der Waals surface area contributed by atoms with Gasteiger partial charge in [-0.3, -0.25) is 4.90 Å². The monoisotopic (exact) mass is 295 g/mol. The molecule has 0 saturated carbocycles. The fourth-order valence-corrected chi connectivity index (χ4v) is 4.11. The van der Waals surface area contributed by atoms with Crippen LogP contribution in [0.1, 0.15) is 41.3 Å². The molecular formula is C19H21NO2. The number of fused-ring (bicyclic) bond motifs is 4. The molecule has 2 aliphatic heterocycles. The highest BCUT2D eigenvalue weighted by Gasteiger charge is 2.36. The second-order valence-corrected chi connectivity index (χ2v) is 6.31. The van der Waals surface area contributed by atoms with Gasteiger partial charge in [0.2, 0.25) is 0 Å². The van der Waals surface area contributed by atoms with Crippen LogP contribution in [-0.2, 0) is 12.8 Å². The normalized spacial score (nSPS) is 23.4. The number of methoxy groups -OCH3 is 1. The highest BCUT2D eigenvalue weighted by molar-refractivity contribution is 5.50. The number of ether oxygens (including phenoxy) is 1. The fraction of sp³-hybridized carbons (Fsp3) is 0.368. The molecule has 2 aliphatic rings. The van der Waals surface area contributed by atoms with Crippen molar-refractivity contribution < 1.29 is 9.84 Å². The number of hydrogen-bond acceptors (Lipinski definition) is 3. The smallest absolute Gasteiger partial charge is 0.160 e. The van der Waals surface area contributed by atoms with E-state index in [4.69, 9.17) is 4.74 Å². The van der Waals surface area contributed by atoms with Crippen LogP contribution in [0.25, 0.3) is 0 Å². The summed E-state index contributed by atoms with van der Waals surface area (Å²) in [6.45, 7) is 3.35. The zero-order valence-corrected chi connectivity index (χ0v) is 13.0. The highest BCUT2D eigenvalue weighted by Crippen LogP contribution is 2.45. The van der Waals surface area contributed by atoms with E-state index in [1.807, 2.05) is 12.1 Å². The molecule has 0 saturated heterocycles. The minimum atomic E-state index is 0.245. The third kappa shape index (κ3) is 1.92. The van der Waals surface area contributed by atoms with Gasteiger partial charge in [-0.15, -0.1) is 0 Å². The summed E-state index contributed by atoms with van der Waals surface area (Å²) < 4.78 is 5.26. The first kappa shape index (κ1) is 13.6. The van der Waals surface area contributed by atoms with Crippen LogP contribution < -0.4 is 4.74 Å². The lowest BCUT2D eigenvalue weighted by molar-refractivity contribution is 0.117. The van der Waals surface area contributed by atoms with Gasteiger partial charge < -0.3 is 9.84 Å². The van der Waals surface area contributed by atoms with Crippen LogP contribution in [0.3, 0.4) is 0 Å². The van der Waals surface area contributed by atoms with E-state index in [0.29, 0.717) is 17.8 Å². The Balaban J connectivity index is 1.81. The number of hydrogen-bond donors (Lipinski definition) is 1. The molecule has 0 amide bonds. The van der Waals surface area contributed by atoms with Gasteiger partial charge in [-0.2, -0.15) is 0 Å². The van der Waals surface area contributed by atoms with Crippen molar-refractivity contribution in [3.63, 3.8) is 0 Å². The van der Waals surface area contributed by atoms with Crippen molar-refractivity contribution in [1.29, 1.82) is 0 Å². The molecule has 0 radical (unpaired) electrons. The standard InChI is InChI=1S/C19H21NO2/c1-12-15-6-4-3-5-13(15)9-17-16-11-18(21)19(22-2)10-14(16)7-8-20(12)17/h3-6,10-12,17,21H,7-9H2,1-2H3/t12-,17-/m0/s1. The van der Waals surface area contributed by atoms with Crippen LogP contribution >= 0.6 is 0 Å². The maximum Gasteiger partial charge on any atom is 0.160 e. The van der Waals surface area contributed by atoms with E-state index in [1.165, 1.54) is 22.3 Å². The SMILES string of the molecule is COc1cc2c(cc1O)[C@@H]1Cc3ccccc3[C@H](C)N1CC2. The zero-order valence-electron chi connectivity index (χ0n) is 13.0. The molecule has 114 valence electrons. The molecule has 4 rings (SSSR count). The summed E-state index contributed by atoms with van der Waals surface area (Å²) in [6, 6.07) is 13.4. The summed E-state index contributed by atoms with van der Waals surface area (Å²) in [4.78, 5) is 2.57. The first-order valence-corrected chi connectivity index (χ1v) is 7.92. The maximum absolute atomic E-state index is 10.2. The summed E-state index contributed by atoms with van der Waals surface area (Å²) in [7, 11) is 1.61. The Kier molecular flexibility index (Phi) is 3.12. The second-order valence-electron chi connectivity index (χ2n) is 6.31. The summed E-state index contributed by atoms with van der Waals surface area (Å²) in [5, 5.41) is 10.2. The Bertz CT molecular complexity index is 725. The van der Waals surface area contributed by atoms with Crippen LogP contribution in [0.4, 0.5) is 0 Å². The van der Waals surface area contributed by atoms with Crippen LogP contribution in [0, 0.1) is 0 Å². The number of phenolic OH excluding ortho intramolecular Hbond substituents is 1. The van der Waals surface area contributed by atoms with Gasteiger partial charge in [0.25, 0.3) is 0 Å². The quantitative estimate of drug-likeness (QED) is 0.872. The molecule has 0 unspecified atom stereocenters. The van der Waals surface area contributed by atoms with Crippen LogP contribution in [0.5, 0.6) is 11.5 Å². The molecule has 0 aromatic heterocycles. The van der Waals surface area contributed by atoms with E-state index in [0.717, 1.165) is 19.4 Å². The van der Waals surface area contributed by atoms with Gasteiger partial charge in [-0.25, -0.2) is 0 Å². The van der Waals surface area contributed by atoms with Crippen LogP contribution in [0.2, 0.25) is 0 Å². The fourth-order valence-electron chi connectivity index (χ4n) is 4.11. The average molecular weight is 295 g/mol. The number of nitrogens with zero attached hydrogens (tertiary/aromatic N) is 1. The minimum absolute atomic E-state index is 0.245. The van der Waals surface area contributed by atoms with Crippen molar-refractivity contribution >= 4 is 0 Å². The molecule has 3 heteroatoms. The van der Waals surface area contributed by atoms with Crippen molar-refractivity contribution in [3.8, 4) is 11.5 Å². The molecule has 2 atom stereocenters. The molecule has 2 aromatic carbocycles. The van der Waals surface area contributed by atoms with Crippen molar-refractivity contribution in [3.05, 3.63) is 58.7 Å². The van der Waals surface area contributed by atoms with Crippen molar-refractivity contribution in [2.45, 2.75) is 31.8 Å². The Morgan fingerprint density at radius 2 is 1.95 bits per heavy atom. The van der Waals surface area contributed by atoms with Gasteiger partial charge in [0, 0.05) is 18.6 Å². The van der Waals surface area contributed by atoms with E-state index in [-0.39, 0.29) is 5.75 Å². The molecule has 1 N–H and O–H groups in total. The van der Waals surface area contributed by atoms with Crippen LogP contribution in [-0.4, -0.2) is 23.7 Å².